The van der Waals surface area contributed by atoms with E-state index in [0.29, 0.717) is 12.6 Å². The maximum absolute atomic E-state index is 5.94. The minimum atomic E-state index is 0.433. The molecule has 1 heterocycles. The van der Waals surface area contributed by atoms with E-state index in [0.717, 1.165) is 31.9 Å². The van der Waals surface area contributed by atoms with E-state index in [1.54, 1.807) is 0 Å². The molecule has 0 amide bonds. The predicted molar refractivity (Wildman–Crippen MR) is 90.1 cm³/mol. The van der Waals surface area contributed by atoms with Crippen molar-refractivity contribution in [3.05, 3.63) is 65.7 Å². The lowest BCUT2D eigenvalue weighted by molar-refractivity contribution is 0.185. The topological polar surface area (TPSA) is 24.5 Å². The molecule has 1 aliphatic heterocycles. The van der Waals surface area contributed by atoms with Gasteiger partial charge in [0.15, 0.2) is 0 Å². The van der Waals surface area contributed by atoms with Gasteiger partial charge in [-0.05, 0) is 30.2 Å². The van der Waals surface area contributed by atoms with Crippen molar-refractivity contribution in [2.24, 2.45) is 0 Å². The number of ether oxygens (including phenoxy) is 1. The number of hydrogen-bond donors (Lipinski definition) is 1. The molecule has 22 heavy (non-hydrogen) atoms. The lowest BCUT2D eigenvalue weighted by Gasteiger charge is -2.33. The van der Waals surface area contributed by atoms with E-state index < -0.39 is 0 Å². The summed E-state index contributed by atoms with van der Waals surface area (Å²) in [6.45, 7) is 7.27. The average Bonchev–Trinajstić information content (AvgIpc) is 2.61. The van der Waals surface area contributed by atoms with Crippen molar-refractivity contribution in [2.45, 2.75) is 19.6 Å². The molecule has 3 heteroatoms. The average molecular weight is 296 g/mol. The van der Waals surface area contributed by atoms with E-state index >= 15 is 0 Å². The van der Waals surface area contributed by atoms with Crippen LogP contribution in [0.1, 0.15) is 24.1 Å². The van der Waals surface area contributed by atoms with Gasteiger partial charge in [0.2, 0.25) is 0 Å². The molecule has 1 saturated heterocycles. The molecule has 0 bridgehead atoms. The Morgan fingerprint density at radius 1 is 1.05 bits per heavy atom. The van der Waals surface area contributed by atoms with Crippen LogP contribution in [0.15, 0.2) is 54.6 Å². The van der Waals surface area contributed by atoms with E-state index in [2.05, 4.69) is 47.5 Å². The summed E-state index contributed by atoms with van der Waals surface area (Å²) in [6, 6.07) is 19.2. The highest BCUT2D eigenvalue weighted by Gasteiger charge is 2.18. The van der Waals surface area contributed by atoms with Crippen LogP contribution in [0.5, 0.6) is 5.75 Å². The van der Waals surface area contributed by atoms with Gasteiger partial charge in [-0.3, -0.25) is 4.90 Å². The molecule has 0 radical (unpaired) electrons. The lowest BCUT2D eigenvalue weighted by atomic mass is 10.1. The van der Waals surface area contributed by atoms with Crippen molar-refractivity contribution in [1.82, 2.24) is 10.2 Å². The molecular weight excluding hydrogens is 272 g/mol. The highest BCUT2D eigenvalue weighted by Crippen LogP contribution is 2.24. The Morgan fingerprint density at radius 3 is 2.59 bits per heavy atom. The van der Waals surface area contributed by atoms with Gasteiger partial charge in [-0.1, -0.05) is 42.5 Å². The van der Waals surface area contributed by atoms with Crippen LogP contribution >= 0.6 is 0 Å². The molecule has 1 unspecified atom stereocenters. The molecule has 1 aliphatic rings. The molecule has 3 nitrogen and oxygen atoms in total. The molecule has 0 spiro atoms. The fraction of sp³-hybridized carbons (Fsp3) is 0.368. The van der Waals surface area contributed by atoms with Crippen molar-refractivity contribution < 1.29 is 4.74 Å². The fourth-order valence-electron chi connectivity index (χ4n) is 2.89. The summed E-state index contributed by atoms with van der Waals surface area (Å²) in [6.07, 6.45) is 0. The van der Waals surface area contributed by atoms with Crippen LogP contribution in [0, 0.1) is 0 Å². The van der Waals surface area contributed by atoms with Gasteiger partial charge in [-0.2, -0.15) is 0 Å². The van der Waals surface area contributed by atoms with Crippen LogP contribution in [0.2, 0.25) is 0 Å². The van der Waals surface area contributed by atoms with Crippen LogP contribution in [0.4, 0.5) is 0 Å². The van der Waals surface area contributed by atoms with Gasteiger partial charge >= 0.3 is 0 Å². The third-order valence-electron chi connectivity index (χ3n) is 4.29. The van der Waals surface area contributed by atoms with Crippen LogP contribution in [0.3, 0.4) is 0 Å². The Morgan fingerprint density at radius 2 is 1.82 bits per heavy atom. The third-order valence-corrected chi connectivity index (χ3v) is 4.29. The second kappa shape index (κ2) is 7.43. The number of rotatable bonds is 5. The molecule has 0 aromatic heterocycles. The van der Waals surface area contributed by atoms with Crippen LogP contribution in [-0.4, -0.2) is 31.1 Å². The highest BCUT2D eigenvalue weighted by atomic mass is 16.5. The number of hydrogen-bond acceptors (Lipinski definition) is 3. The van der Waals surface area contributed by atoms with Gasteiger partial charge < -0.3 is 10.1 Å². The first kappa shape index (κ1) is 15.1. The molecule has 116 valence electrons. The van der Waals surface area contributed by atoms with Crippen LogP contribution < -0.4 is 10.1 Å². The van der Waals surface area contributed by atoms with Crippen molar-refractivity contribution in [1.29, 1.82) is 0 Å². The first-order valence-corrected chi connectivity index (χ1v) is 8.04. The molecule has 2 aromatic carbocycles. The van der Waals surface area contributed by atoms with Gasteiger partial charge in [0.1, 0.15) is 12.4 Å². The third kappa shape index (κ3) is 3.87. The minimum Gasteiger partial charge on any atom is -0.489 e. The van der Waals surface area contributed by atoms with Crippen molar-refractivity contribution >= 4 is 0 Å². The summed E-state index contributed by atoms with van der Waals surface area (Å²) in [5.41, 5.74) is 2.52. The highest BCUT2D eigenvalue weighted by molar-refractivity contribution is 5.31. The Labute approximate surface area is 132 Å². The van der Waals surface area contributed by atoms with E-state index in [1.807, 2.05) is 24.3 Å². The summed E-state index contributed by atoms with van der Waals surface area (Å²) < 4.78 is 5.94. The first-order valence-electron chi connectivity index (χ1n) is 8.04. The number of nitrogens with zero attached hydrogens (tertiary/aromatic N) is 1. The molecule has 1 N–H and O–H groups in total. The summed E-state index contributed by atoms with van der Waals surface area (Å²) in [7, 11) is 0. The largest absolute Gasteiger partial charge is 0.489 e. The van der Waals surface area contributed by atoms with Gasteiger partial charge in [0.05, 0.1) is 0 Å². The Hall–Kier alpha value is -1.84. The molecule has 2 aromatic rings. The SMILES string of the molecule is CC(c1cccc(OCc2ccccc2)c1)N1CCNCC1. The molecular formula is C19H24N2O. The second-order valence-electron chi connectivity index (χ2n) is 5.81. The zero-order valence-electron chi connectivity index (χ0n) is 13.2. The molecule has 1 fully saturated rings. The van der Waals surface area contributed by atoms with Gasteiger partial charge in [-0.15, -0.1) is 0 Å². The molecule has 3 rings (SSSR count). The van der Waals surface area contributed by atoms with Crippen LogP contribution in [0.25, 0.3) is 0 Å². The van der Waals surface area contributed by atoms with Crippen molar-refractivity contribution in [3.63, 3.8) is 0 Å². The number of benzene rings is 2. The monoisotopic (exact) mass is 296 g/mol. The number of nitrogens with one attached hydrogen (secondary N) is 1. The maximum atomic E-state index is 5.94. The lowest BCUT2D eigenvalue weighted by Crippen LogP contribution is -2.44. The zero-order chi connectivity index (χ0) is 15.2. The Kier molecular flexibility index (Phi) is 5.09. The first-order chi connectivity index (χ1) is 10.8. The van der Waals surface area contributed by atoms with Crippen molar-refractivity contribution in [2.75, 3.05) is 26.2 Å². The summed E-state index contributed by atoms with van der Waals surface area (Å²) >= 11 is 0. The second-order valence-corrected chi connectivity index (χ2v) is 5.81. The Bertz CT molecular complexity index is 579. The maximum Gasteiger partial charge on any atom is 0.120 e. The zero-order valence-corrected chi connectivity index (χ0v) is 13.2. The Balaban J connectivity index is 1.64. The van der Waals surface area contributed by atoms with E-state index in [9.17, 15) is 0 Å². The van der Waals surface area contributed by atoms with Gasteiger partial charge in [0, 0.05) is 32.2 Å². The predicted octanol–water partition coefficient (Wildman–Crippen LogP) is 3.23. The number of piperazine rings is 1. The summed E-state index contributed by atoms with van der Waals surface area (Å²) in [5, 5.41) is 3.40. The van der Waals surface area contributed by atoms with E-state index in [-0.39, 0.29) is 0 Å². The van der Waals surface area contributed by atoms with E-state index in [1.165, 1.54) is 11.1 Å². The molecule has 0 saturated carbocycles. The fourth-order valence-corrected chi connectivity index (χ4v) is 2.89. The van der Waals surface area contributed by atoms with Crippen molar-refractivity contribution in [3.8, 4) is 5.75 Å². The van der Waals surface area contributed by atoms with E-state index in [4.69, 9.17) is 4.74 Å². The van der Waals surface area contributed by atoms with Crippen LogP contribution in [-0.2, 0) is 6.61 Å². The molecule has 1 atom stereocenters. The van der Waals surface area contributed by atoms with Gasteiger partial charge in [-0.25, -0.2) is 0 Å². The smallest absolute Gasteiger partial charge is 0.120 e. The van der Waals surface area contributed by atoms with Gasteiger partial charge in [0.25, 0.3) is 0 Å². The normalized spacial score (nSPS) is 17.1. The quantitative estimate of drug-likeness (QED) is 0.917. The minimum absolute atomic E-state index is 0.433. The standard InChI is InChI=1S/C19H24N2O/c1-16(21-12-10-20-11-13-21)18-8-5-9-19(14-18)22-15-17-6-3-2-4-7-17/h2-9,14,16,20H,10-13,15H2,1H3. The molecule has 0 aliphatic carbocycles. The summed E-state index contributed by atoms with van der Waals surface area (Å²) in [5.74, 6) is 0.948. The summed E-state index contributed by atoms with van der Waals surface area (Å²) in [4.78, 5) is 2.52.